The van der Waals surface area contributed by atoms with E-state index >= 15 is 0 Å². The first-order valence-corrected chi connectivity index (χ1v) is 61.3. The molecule has 8 fully saturated rings. The first-order chi connectivity index (χ1) is 48.5. The fraction of sp³-hybridized carbons (Fsp3) is 0.974. The van der Waals surface area contributed by atoms with Crippen molar-refractivity contribution in [2.75, 3.05) is 26.4 Å². The van der Waals surface area contributed by atoms with Crippen LogP contribution in [0.25, 0.3) is 0 Å². The minimum atomic E-state index is -3.52. The zero-order valence-corrected chi connectivity index (χ0v) is 79.8. The molecule has 0 aromatic carbocycles. The lowest BCUT2D eigenvalue weighted by Gasteiger charge is -2.53. The highest BCUT2D eigenvalue weighted by Gasteiger charge is 2.63. The van der Waals surface area contributed by atoms with Gasteiger partial charge in [0.2, 0.25) is 0 Å². The Kier molecular flexibility index (Phi) is 29.1. The van der Waals surface area contributed by atoms with Crippen LogP contribution < -0.4 is 0 Å². The summed E-state index contributed by atoms with van der Waals surface area (Å²) in [7, 11) is -26.2. The number of aliphatic hydroxyl groups is 6. The summed E-state index contributed by atoms with van der Waals surface area (Å²) >= 11 is 0. The summed E-state index contributed by atoms with van der Waals surface area (Å²) in [6.07, 6.45) is 9.88. The fourth-order valence-electron chi connectivity index (χ4n) is 19.0. The van der Waals surface area contributed by atoms with Crippen LogP contribution in [0.15, 0.2) is 11.8 Å². The highest BCUT2D eigenvalue weighted by atomic mass is 28.5. The summed E-state index contributed by atoms with van der Waals surface area (Å²) in [5.74, 6) is 0. The van der Waals surface area contributed by atoms with Crippen LogP contribution in [0, 0.1) is 0 Å². The van der Waals surface area contributed by atoms with Crippen LogP contribution in [-0.2, 0) is 70.8 Å². The van der Waals surface area contributed by atoms with Crippen LogP contribution in [0.3, 0.4) is 0 Å². The van der Waals surface area contributed by atoms with Gasteiger partial charge in [-0.15, -0.1) is 0 Å². The van der Waals surface area contributed by atoms with Gasteiger partial charge in [-0.1, -0.05) is 6.58 Å². The molecule has 8 aliphatic rings. The smallest absolute Gasteiger partial charge is 0.349 e. The summed E-state index contributed by atoms with van der Waals surface area (Å²) in [5, 5.41) is 66.8. The van der Waals surface area contributed by atoms with Crippen LogP contribution in [0.2, 0.25) is 94.7 Å². The minimum Gasteiger partial charge on any atom is -0.416 e. The van der Waals surface area contributed by atoms with Gasteiger partial charge in [0.15, 0.2) is 0 Å². The first-order valence-electron chi connectivity index (χ1n) is 41.3. The van der Waals surface area contributed by atoms with E-state index in [0.717, 1.165) is 5.20 Å². The number of rotatable bonds is 29. The Morgan fingerprint density at radius 1 is 0.290 bits per heavy atom. The summed E-state index contributed by atoms with van der Waals surface area (Å²) in [5.41, 5.74) is -7.46. The lowest BCUT2D eigenvalue weighted by Crippen LogP contribution is -2.68. The predicted molar refractivity (Wildman–Crippen MR) is 436 cm³/mol. The van der Waals surface area contributed by atoms with Gasteiger partial charge in [0.05, 0.1) is 110 Å². The summed E-state index contributed by atoms with van der Waals surface area (Å²) in [6.45, 7) is 60.3. The van der Waals surface area contributed by atoms with Gasteiger partial charge in [-0.3, -0.25) is 0 Å². The van der Waals surface area contributed by atoms with E-state index in [1.165, 1.54) is 0 Å². The van der Waals surface area contributed by atoms with Gasteiger partial charge in [-0.05, 0) is 353 Å². The van der Waals surface area contributed by atoms with Gasteiger partial charge in [0.1, 0.15) is 0 Å². The van der Waals surface area contributed by atoms with Crippen molar-refractivity contribution in [2.45, 2.75) is 452 Å². The Morgan fingerprint density at radius 3 is 0.692 bits per heavy atom. The van der Waals surface area contributed by atoms with Crippen LogP contribution in [0.1, 0.15) is 253 Å². The van der Waals surface area contributed by atoms with Crippen molar-refractivity contribution in [2.24, 2.45) is 0 Å². The molecule has 0 saturated carbocycles. The van der Waals surface area contributed by atoms with E-state index in [2.05, 4.69) is 93.9 Å². The minimum absolute atomic E-state index is 0.199. The van der Waals surface area contributed by atoms with E-state index in [9.17, 15) is 30.6 Å². The lowest BCUT2D eigenvalue weighted by molar-refractivity contribution is -0.215. The van der Waals surface area contributed by atoms with Crippen LogP contribution >= 0.6 is 0 Å². The molecule has 0 amide bonds. The molecule has 16 atom stereocenters. The van der Waals surface area contributed by atoms with Crippen molar-refractivity contribution in [3.05, 3.63) is 11.8 Å². The second-order valence-electron chi connectivity index (χ2n) is 40.7. The molecule has 0 radical (unpaired) electrons. The molecular formula is C77H154O22Si8. The van der Waals surface area contributed by atoms with Crippen molar-refractivity contribution < 1.29 is 101 Å². The van der Waals surface area contributed by atoms with Gasteiger partial charge in [0, 0.05) is 19.8 Å². The largest absolute Gasteiger partial charge is 0.416 e. The highest BCUT2D eigenvalue weighted by Crippen LogP contribution is 2.51. The molecule has 107 heavy (non-hydrogen) atoms. The van der Waals surface area contributed by atoms with Gasteiger partial charge in [-0.2, -0.15) is 0 Å². The maximum atomic E-state index is 11.0. The summed E-state index contributed by atoms with van der Waals surface area (Å²) < 4.78 is 116. The Hall–Kier alpha value is 0.595. The van der Waals surface area contributed by atoms with Gasteiger partial charge < -0.3 is 101 Å². The van der Waals surface area contributed by atoms with Crippen LogP contribution in [0.5, 0.6) is 0 Å². The van der Waals surface area contributed by atoms with Crippen molar-refractivity contribution in [1.29, 1.82) is 0 Å². The van der Waals surface area contributed by atoms with E-state index in [4.69, 9.17) is 77.4 Å². The average Bonchev–Trinajstić information content (AvgIpc) is 0.753. The summed E-state index contributed by atoms with van der Waals surface area (Å²) in [6, 6.07) is 4.34. The monoisotopic (exact) mass is 1650 g/mol. The third-order valence-corrected chi connectivity index (χ3v) is 63.0. The van der Waals surface area contributed by atoms with Gasteiger partial charge in [0.25, 0.3) is 0 Å². The SMILES string of the molecule is C=C(COCCCOCCC[Si]1(C)O[Si](C)(CCC2(C)CCC(O)C(C)(C)O2)O[Si](C)(CCC2(C)CCC(O)C(C)(C)O2)O[Si](C)(CCC2(C)CCC(O)C(C)(C)O2)O1)[Si]1(C)O[Si](C)(CCC2(C)CCC(O)C(C)(C)O2)O[Si](C)(CCC2(C)CCC(O)C(C)(C)O2)O[Si](C)(CCC2(C)CCC(O)C(C)(C)O2)O1. The quantitative estimate of drug-likeness (QED) is 0.0300. The van der Waals surface area contributed by atoms with Gasteiger partial charge >= 0.3 is 68.5 Å². The number of aliphatic hydroxyl groups excluding tert-OH is 6. The Bertz CT molecular complexity index is 2860. The molecule has 30 heteroatoms. The molecule has 0 aromatic heterocycles. The zero-order chi connectivity index (χ0) is 80.3. The molecule has 0 bridgehead atoms. The van der Waals surface area contributed by atoms with E-state index in [1.54, 1.807) is 0 Å². The molecule has 0 aromatic rings. The molecule has 16 unspecified atom stereocenters. The van der Waals surface area contributed by atoms with E-state index in [0.29, 0.717) is 191 Å². The lowest BCUT2D eigenvalue weighted by atomic mass is 9.84. The maximum Gasteiger partial charge on any atom is 0.349 e. The number of hydrogen-bond donors (Lipinski definition) is 6. The molecule has 22 nitrogen and oxygen atoms in total. The third kappa shape index (κ3) is 24.6. The second-order valence-corrected chi connectivity index (χ2v) is 69.2. The predicted octanol–water partition coefficient (Wildman–Crippen LogP) is 15.2. The zero-order valence-electron chi connectivity index (χ0n) is 71.8. The standard InChI is InChI=1S/C77H154O22Si8/c1-59(107(27)98-105(25,56-46-76(18)40-34-64(82)70(10,11)90-76)96-104(24,55-45-75(17)39-33-63(81)69(8,9)89-75)97-106(26,99-107)57-47-77(19)41-35-65(83)71(12,13)91-77)58-85-49-28-48-84-50-29-51-100(20)92-101(21,52-42-72(14)36-30-60(78)66(2,3)86-72)94-103(23,54-44-74(16)38-32-62(80)68(6,7)88-74)95-102(22,93-100)53-43-73(15)37-31-61(79)67(4,5)87-73/h60-65,78-83H,1,28-58H2,2-27H3. The second kappa shape index (κ2) is 33.4. The first kappa shape index (κ1) is 93.1. The number of ether oxygens (including phenoxy) is 8. The van der Waals surface area contributed by atoms with Crippen molar-refractivity contribution >= 4 is 68.5 Å². The molecule has 8 aliphatic heterocycles. The van der Waals surface area contributed by atoms with Crippen molar-refractivity contribution in [3.8, 4) is 0 Å². The molecule has 8 saturated heterocycles. The van der Waals surface area contributed by atoms with Crippen LogP contribution in [0.4, 0.5) is 0 Å². The number of hydrogen-bond acceptors (Lipinski definition) is 22. The van der Waals surface area contributed by atoms with Crippen molar-refractivity contribution in [3.63, 3.8) is 0 Å². The molecule has 626 valence electrons. The average molecular weight is 1660 g/mol. The third-order valence-electron chi connectivity index (χ3n) is 26.0. The fourth-order valence-corrected chi connectivity index (χ4v) is 65.8. The molecule has 6 N–H and O–H groups in total. The van der Waals surface area contributed by atoms with Crippen molar-refractivity contribution in [1.82, 2.24) is 0 Å². The van der Waals surface area contributed by atoms with Crippen LogP contribution in [-0.4, -0.2) is 229 Å². The molecule has 0 aliphatic carbocycles. The highest BCUT2D eigenvalue weighted by molar-refractivity contribution is 6.96. The normalized spacial score (nSPS) is 45.8. The molecule has 8 rings (SSSR count). The Morgan fingerprint density at radius 2 is 0.477 bits per heavy atom. The van der Waals surface area contributed by atoms with E-state index in [1.807, 2.05) is 83.1 Å². The maximum absolute atomic E-state index is 11.0. The van der Waals surface area contributed by atoms with Gasteiger partial charge in [-0.25, -0.2) is 0 Å². The topological polar surface area (TPSA) is 269 Å². The Labute approximate surface area is 655 Å². The van der Waals surface area contributed by atoms with E-state index in [-0.39, 0.29) is 6.61 Å². The van der Waals surface area contributed by atoms with E-state index < -0.39 is 172 Å². The Balaban J connectivity index is 0.984. The molecular weight excluding hydrogens is 1500 g/mol. The summed E-state index contributed by atoms with van der Waals surface area (Å²) in [4.78, 5) is 0. The molecule has 8 heterocycles. The molecule has 0 spiro atoms.